The number of anilines is 8. The van der Waals surface area contributed by atoms with Crippen LogP contribution in [-0.2, 0) is 0 Å². The Balaban J connectivity index is 0.824. The quantitative estimate of drug-likeness (QED) is 0.134. The van der Waals surface area contributed by atoms with Crippen molar-refractivity contribution in [1.82, 2.24) is 0 Å². The van der Waals surface area contributed by atoms with Gasteiger partial charge in [-0.1, -0.05) is 146 Å². The predicted octanol–water partition coefficient (Wildman–Crippen LogP) is 19.5. The van der Waals surface area contributed by atoms with E-state index in [-0.39, 0.29) is 6.03 Å². The molecule has 356 valence electrons. The molecule has 0 saturated heterocycles. The van der Waals surface area contributed by atoms with Crippen LogP contribution in [0.3, 0.4) is 0 Å². The van der Waals surface area contributed by atoms with Crippen LogP contribution in [0.1, 0.15) is 22.3 Å². The number of hydrogen-bond donors (Lipinski definition) is 2. The number of carbonyl (C=O) groups excluding carboxylic acids is 1. The Hall–Kier alpha value is -9.45. The molecule has 12 rings (SSSR count). The first-order valence-corrected chi connectivity index (χ1v) is 25.3. The third kappa shape index (κ3) is 8.54. The maximum absolute atomic E-state index is 13.7. The molecule has 0 saturated carbocycles. The molecule has 2 N–H and O–H groups in total. The summed E-state index contributed by atoms with van der Waals surface area (Å²) in [5.74, 6) is 0. The van der Waals surface area contributed by atoms with Crippen molar-refractivity contribution < 1.29 is 4.79 Å². The zero-order valence-corrected chi connectivity index (χ0v) is 41.9. The minimum Gasteiger partial charge on any atom is -0.310 e. The van der Waals surface area contributed by atoms with Crippen LogP contribution in [0.25, 0.3) is 65.3 Å². The Morgan fingerprint density at radius 1 is 0.270 bits per heavy atom. The Morgan fingerprint density at radius 3 is 0.905 bits per heavy atom. The van der Waals surface area contributed by atoms with Gasteiger partial charge in [0.05, 0.1) is 0 Å². The van der Waals surface area contributed by atoms with E-state index in [4.69, 9.17) is 0 Å². The number of fused-ring (bicyclic) bond motifs is 6. The zero-order chi connectivity index (χ0) is 50.3. The standard InChI is InChI=1S/C69H54N4O/c1-45-47(3)67-43-59(39-41-65(67)63-21-13-11-19-61(45)63)72(55-31-23-51(24-32-55)49-15-7-5-8-16-49)57-35-27-53(28-36-57)70-69(74)71-54-29-37-58(38-30-54)73(56-33-25-52(26-34-56)50-17-9-6-10-18-50)60-40-42-66-64-22-14-12-20-62(64)46(2)48(4)68(66)44-60/h5-44H,1-4H3,(H2,70,71,74). The molecule has 5 heteroatoms. The Bertz CT molecular complexity index is 3770. The lowest BCUT2D eigenvalue weighted by Crippen LogP contribution is -2.19. The maximum atomic E-state index is 13.7. The van der Waals surface area contributed by atoms with Gasteiger partial charge < -0.3 is 20.4 Å². The number of benzene rings is 12. The smallest absolute Gasteiger partial charge is 0.310 e. The molecular formula is C69H54N4O. The molecule has 2 amide bonds. The molecule has 5 nitrogen and oxygen atoms in total. The molecule has 12 aromatic carbocycles. The third-order valence-electron chi connectivity index (χ3n) is 14.9. The Kier molecular flexibility index (Phi) is 11.9. The van der Waals surface area contributed by atoms with Gasteiger partial charge in [0.2, 0.25) is 0 Å². The molecule has 0 fully saturated rings. The summed E-state index contributed by atoms with van der Waals surface area (Å²) in [5.41, 5.74) is 17.2. The summed E-state index contributed by atoms with van der Waals surface area (Å²) in [7, 11) is 0. The van der Waals surface area contributed by atoms with E-state index in [1.54, 1.807) is 0 Å². The number of hydrogen-bond acceptors (Lipinski definition) is 3. The summed E-state index contributed by atoms with van der Waals surface area (Å²) in [6.45, 7) is 8.89. The van der Waals surface area contributed by atoms with Gasteiger partial charge in [0.15, 0.2) is 0 Å². The van der Waals surface area contributed by atoms with Crippen molar-refractivity contribution >= 4 is 94.6 Å². The van der Waals surface area contributed by atoms with Gasteiger partial charge in [-0.2, -0.15) is 0 Å². The molecule has 0 aliphatic carbocycles. The van der Waals surface area contributed by atoms with Gasteiger partial charge in [-0.25, -0.2) is 4.79 Å². The van der Waals surface area contributed by atoms with Gasteiger partial charge in [-0.3, -0.25) is 0 Å². The van der Waals surface area contributed by atoms with Crippen molar-refractivity contribution in [3.8, 4) is 22.3 Å². The zero-order valence-electron chi connectivity index (χ0n) is 41.9. The first-order chi connectivity index (χ1) is 36.3. The fourth-order valence-electron chi connectivity index (χ4n) is 10.8. The topological polar surface area (TPSA) is 47.6 Å². The van der Waals surface area contributed by atoms with E-state index in [0.29, 0.717) is 11.4 Å². The van der Waals surface area contributed by atoms with E-state index in [1.807, 2.05) is 36.4 Å². The van der Waals surface area contributed by atoms with Crippen molar-refractivity contribution in [2.75, 3.05) is 20.4 Å². The Morgan fingerprint density at radius 2 is 0.541 bits per heavy atom. The number of aryl methyl sites for hydroxylation is 4. The number of nitrogens with zero attached hydrogens (tertiary/aromatic N) is 2. The molecular weight excluding hydrogens is 901 g/mol. The molecule has 0 atom stereocenters. The van der Waals surface area contributed by atoms with Gasteiger partial charge in [0.1, 0.15) is 0 Å². The van der Waals surface area contributed by atoms with Gasteiger partial charge >= 0.3 is 6.03 Å². The summed E-state index contributed by atoms with van der Waals surface area (Å²) < 4.78 is 0. The molecule has 0 radical (unpaired) electrons. The van der Waals surface area contributed by atoms with Gasteiger partial charge in [0, 0.05) is 45.5 Å². The number of nitrogens with one attached hydrogen (secondary N) is 2. The van der Waals surface area contributed by atoms with E-state index in [0.717, 1.165) is 45.3 Å². The number of rotatable bonds is 10. The minimum absolute atomic E-state index is 0.326. The van der Waals surface area contributed by atoms with Gasteiger partial charge in [-0.05, 0) is 212 Å². The molecule has 0 bridgehead atoms. The monoisotopic (exact) mass is 954 g/mol. The average molecular weight is 955 g/mol. The van der Waals surface area contributed by atoms with Crippen molar-refractivity contribution in [3.63, 3.8) is 0 Å². The van der Waals surface area contributed by atoms with Crippen LogP contribution in [0, 0.1) is 27.7 Å². The largest absolute Gasteiger partial charge is 0.323 e. The molecule has 0 spiro atoms. The van der Waals surface area contributed by atoms with E-state index in [1.165, 1.54) is 76.5 Å². The molecule has 0 aliphatic heterocycles. The lowest BCUT2D eigenvalue weighted by atomic mass is 9.92. The van der Waals surface area contributed by atoms with Gasteiger partial charge in [0.25, 0.3) is 0 Å². The van der Waals surface area contributed by atoms with Crippen LogP contribution in [0.2, 0.25) is 0 Å². The van der Waals surface area contributed by atoms with Crippen LogP contribution >= 0.6 is 0 Å². The molecule has 0 unspecified atom stereocenters. The minimum atomic E-state index is -0.326. The third-order valence-corrected chi connectivity index (χ3v) is 14.9. The molecule has 0 heterocycles. The SMILES string of the molecule is Cc1c(C)c2cc(N(c3ccc(NC(=O)Nc4ccc(N(c5ccc(-c6ccccc6)cc5)c5ccc6c(c5)c(C)c(C)c5ccccc56)cc4)cc3)c3ccc(-c4ccccc4)cc3)ccc2c2ccccc12. The van der Waals surface area contributed by atoms with Crippen molar-refractivity contribution in [3.05, 3.63) is 265 Å². The summed E-state index contributed by atoms with van der Waals surface area (Å²) in [4.78, 5) is 18.3. The first-order valence-electron chi connectivity index (χ1n) is 25.3. The highest BCUT2D eigenvalue weighted by molar-refractivity contribution is 6.13. The van der Waals surface area contributed by atoms with E-state index < -0.39 is 0 Å². The number of urea groups is 1. The number of carbonyl (C=O) groups is 1. The normalized spacial score (nSPS) is 11.3. The van der Waals surface area contributed by atoms with E-state index in [9.17, 15) is 4.79 Å². The van der Waals surface area contributed by atoms with Crippen LogP contribution in [0.4, 0.5) is 50.3 Å². The summed E-state index contributed by atoms with van der Waals surface area (Å²) >= 11 is 0. The Labute approximate surface area is 432 Å². The molecule has 0 aliphatic rings. The van der Waals surface area contributed by atoms with Crippen molar-refractivity contribution in [2.24, 2.45) is 0 Å². The second-order valence-corrected chi connectivity index (χ2v) is 19.2. The fourth-order valence-corrected chi connectivity index (χ4v) is 10.8. The summed E-state index contributed by atoms with van der Waals surface area (Å²) in [5, 5.41) is 16.2. The number of amides is 2. The molecule has 0 aromatic heterocycles. The second kappa shape index (κ2) is 19.3. The van der Waals surface area contributed by atoms with Crippen LogP contribution in [-0.4, -0.2) is 6.03 Å². The highest BCUT2D eigenvalue weighted by Crippen LogP contribution is 2.43. The van der Waals surface area contributed by atoms with E-state index in [2.05, 4.69) is 254 Å². The first kappa shape index (κ1) is 45.7. The highest BCUT2D eigenvalue weighted by atomic mass is 16.2. The second-order valence-electron chi connectivity index (χ2n) is 19.2. The van der Waals surface area contributed by atoms with Crippen molar-refractivity contribution in [2.45, 2.75) is 27.7 Å². The average Bonchev–Trinajstić information content (AvgIpc) is 3.46. The van der Waals surface area contributed by atoms with Gasteiger partial charge in [-0.15, -0.1) is 0 Å². The molecule has 12 aromatic rings. The lowest BCUT2D eigenvalue weighted by molar-refractivity contribution is 0.262. The summed E-state index contributed by atoms with van der Waals surface area (Å²) in [6, 6.07) is 85.1. The predicted molar refractivity (Wildman–Crippen MR) is 315 cm³/mol. The van der Waals surface area contributed by atoms with Crippen molar-refractivity contribution in [1.29, 1.82) is 0 Å². The van der Waals surface area contributed by atoms with E-state index >= 15 is 0 Å². The summed E-state index contributed by atoms with van der Waals surface area (Å²) in [6.07, 6.45) is 0. The van der Waals surface area contributed by atoms with Crippen LogP contribution in [0.5, 0.6) is 0 Å². The van der Waals surface area contributed by atoms with Crippen LogP contribution in [0.15, 0.2) is 243 Å². The fraction of sp³-hybridized carbons (Fsp3) is 0.0580. The highest BCUT2D eigenvalue weighted by Gasteiger charge is 2.19. The lowest BCUT2D eigenvalue weighted by Gasteiger charge is -2.27. The maximum Gasteiger partial charge on any atom is 0.323 e. The van der Waals surface area contributed by atoms with Crippen LogP contribution < -0.4 is 20.4 Å². The molecule has 74 heavy (non-hydrogen) atoms.